The first-order valence-corrected chi connectivity index (χ1v) is 13.0. The molecule has 2 heterocycles. The molecule has 36 heavy (non-hydrogen) atoms. The monoisotopic (exact) mass is 504 g/mol. The third kappa shape index (κ3) is 4.58. The van der Waals surface area contributed by atoms with Crippen LogP contribution in [0.15, 0.2) is 81.3 Å². The number of nitrogens with one attached hydrogen (secondary N) is 1. The number of aromatic nitrogens is 3. The Bertz CT molecular complexity index is 1540. The van der Waals surface area contributed by atoms with Crippen LogP contribution in [-0.2, 0) is 0 Å². The summed E-state index contributed by atoms with van der Waals surface area (Å²) in [4.78, 5) is 44.8. The van der Waals surface area contributed by atoms with E-state index in [-0.39, 0.29) is 29.0 Å². The number of carbonyl (C=O) groups excluding carboxylic acids is 1. The van der Waals surface area contributed by atoms with Crippen LogP contribution < -0.4 is 16.6 Å². The number of hydrogen-bond donors (Lipinski definition) is 1. The van der Waals surface area contributed by atoms with Crippen molar-refractivity contribution in [1.29, 1.82) is 0 Å². The zero-order valence-corrected chi connectivity index (χ0v) is 20.5. The lowest BCUT2D eigenvalue weighted by atomic mass is 9.90. The van der Waals surface area contributed by atoms with Crippen molar-refractivity contribution >= 4 is 28.7 Å². The summed E-state index contributed by atoms with van der Waals surface area (Å²) in [5.74, 6) is -0.777. The minimum atomic E-state index is -0.637. The molecule has 5 rings (SSSR count). The molecule has 0 bridgehead atoms. The summed E-state index contributed by atoms with van der Waals surface area (Å²) in [6, 6.07) is 17.1. The van der Waals surface area contributed by atoms with Crippen LogP contribution in [0.4, 0.5) is 4.39 Å². The number of fused-ring (bicyclic) bond motifs is 1. The summed E-state index contributed by atoms with van der Waals surface area (Å²) in [7, 11) is 0. The summed E-state index contributed by atoms with van der Waals surface area (Å²) in [5, 5.41) is 3.11. The van der Waals surface area contributed by atoms with Gasteiger partial charge in [-0.1, -0.05) is 24.3 Å². The Morgan fingerprint density at radius 1 is 1.03 bits per heavy atom. The number of nitrogens with zero attached hydrogens (tertiary/aromatic N) is 3. The second-order valence-electron chi connectivity index (χ2n) is 8.86. The number of rotatable bonds is 5. The first-order chi connectivity index (χ1) is 17.5. The molecule has 1 N–H and O–H groups in total. The third-order valence-electron chi connectivity index (χ3n) is 6.64. The van der Waals surface area contributed by atoms with Crippen LogP contribution in [0.5, 0.6) is 0 Å². The Hall–Kier alpha value is -3.72. The highest BCUT2D eigenvalue weighted by atomic mass is 32.2. The Kier molecular flexibility index (Phi) is 6.73. The van der Waals surface area contributed by atoms with Gasteiger partial charge in [0.05, 0.1) is 17.3 Å². The predicted octanol–water partition coefficient (Wildman–Crippen LogP) is 4.32. The van der Waals surface area contributed by atoms with Gasteiger partial charge in [0.2, 0.25) is 0 Å². The van der Waals surface area contributed by atoms with Gasteiger partial charge in [0.15, 0.2) is 5.65 Å². The summed E-state index contributed by atoms with van der Waals surface area (Å²) in [5.41, 5.74) is 0.242. The molecule has 1 aliphatic rings. The zero-order valence-electron chi connectivity index (χ0n) is 19.7. The molecule has 2 aromatic carbocycles. The van der Waals surface area contributed by atoms with E-state index >= 15 is 0 Å². The summed E-state index contributed by atoms with van der Waals surface area (Å²) < 4.78 is 16.7. The normalized spacial score (nSPS) is 17.7. The lowest BCUT2D eigenvalue weighted by Gasteiger charge is -2.30. The lowest BCUT2D eigenvalue weighted by Crippen LogP contribution is -2.45. The van der Waals surface area contributed by atoms with Gasteiger partial charge in [-0.15, -0.1) is 11.8 Å². The van der Waals surface area contributed by atoms with E-state index in [1.165, 1.54) is 20.9 Å². The van der Waals surface area contributed by atoms with Crippen LogP contribution in [0.1, 0.15) is 42.1 Å². The van der Waals surface area contributed by atoms with Crippen molar-refractivity contribution in [2.75, 3.05) is 6.26 Å². The molecule has 9 heteroatoms. The summed E-state index contributed by atoms with van der Waals surface area (Å²) >= 11 is 1.53. The number of amides is 1. The van der Waals surface area contributed by atoms with E-state index < -0.39 is 17.1 Å². The predicted molar refractivity (Wildman–Crippen MR) is 139 cm³/mol. The number of thioether (sulfide) groups is 1. The van der Waals surface area contributed by atoms with Gasteiger partial charge in [-0.05, 0) is 68.3 Å². The molecule has 0 unspecified atom stereocenters. The van der Waals surface area contributed by atoms with Crippen LogP contribution in [0.2, 0.25) is 0 Å². The maximum absolute atomic E-state index is 14.1. The van der Waals surface area contributed by atoms with Crippen molar-refractivity contribution < 1.29 is 9.18 Å². The molecule has 4 aromatic rings. The molecule has 1 saturated carbocycles. The fraction of sp³-hybridized carbons (Fsp3) is 0.259. The molecule has 0 aliphatic heterocycles. The van der Waals surface area contributed by atoms with Crippen LogP contribution in [-0.4, -0.2) is 32.3 Å². The Labute approximate surface area is 211 Å². The van der Waals surface area contributed by atoms with Gasteiger partial charge in [0, 0.05) is 22.5 Å². The molecule has 0 saturated heterocycles. The van der Waals surface area contributed by atoms with Crippen molar-refractivity contribution in [2.45, 2.75) is 42.7 Å². The first kappa shape index (κ1) is 24.0. The number of pyridine rings is 1. The SMILES string of the molecule is CSc1cccc(-n2c(=O)n(C3CCC(NC(=O)c4ccccc4)CC3)c(=O)c3cc(F)cnc32)c1. The standard InChI is InChI=1S/C27H25FN4O3S/c1-36-22-9-5-8-21(15-22)31-24-23(14-18(28)16-29-24)26(34)32(27(31)35)20-12-10-19(11-13-20)30-25(33)17-6-3-2-4-7-17/h2-9,14-16,19-20H,10-13H2,1H3,(H,30,33). The van der Waals surface area contributed by atoms with E-state index in [0.29, 0.717) is 36.9 Å². The molecule has 184 valence electrons. The average Bonchev–Trinajstić information content (AvgIpc) is 2.91. The average molecular weight is 505 g/mol. The number of halogens is 1. The van der Waals surface area contributed by atoms with Crippen molar-refractivity contribution in [1.82, 2.24) is 19.4 Å². The fourth-order valence-corrected chi connectivity index (χ4v) is 5.28. The lowest BCUT2D eigenvalue weighted by molar-refractivity contribution is 0.0922. The number of carbonyl (C=O) groups is 1. The van der Waals surface area contributed by atoms with Crippen molar-refractivity contribution in [2.24, 2.45) is 0 Å². The fourth-order valence-electron chi connectivity index (χ4n) is 4.82. The highest BCUT2D eigenvalue weighted by Gasteiger charge is 2.28. The van der Waals surface area contributed by atoms with Gasteiger partial charge in [-0.25, -0.2) is 18.7 Å². The molecule has 0 radical (unpaired) electrons. The second kappa shape index (κ2) is 10.1. The molecule has 0 atom stereocenters. The molecule has 7 nitrogen and oxygen atoms in total. The topological polar surface area (TPSA) is 86.0 Å². The molecular formula is C27H25FN4O3S. The maximum Gasteiger partial charge on any atom is 0.337 e. The third-order valence-corrected chi connectivity index (χ3v) is 7.36. The Balaban J connectivity index is 1.49. The van der Waals surface area contributed by atoms with E-state index in [1.54, 1.807) is 18.2 Å². The summed E-state index contributed by atoms with van der Waals surface area (Å²) in [6.45, 7) is 0. The number of hydrogen-bond acceptors (Lipinski definition) is 5. The van der Waals surface area contributed by atoms with Gasteiger partial charge in [-0.3, -0.25) is 14.2 Å². The van der Waals surface area contributed by atoms with E-state index in [9.17, 15) is 18.8 Å². The molecule has 1 aliphatic carbocycles. The maximum atomic E-state index is 14.1. The van der Waals surface area contributed by atoms with Gasteiger partial charge in [-0.2, -0.15) is 0 Å². The van der Waals surface area contributed by atoms with E-state index in [1.807, 2.05) is 42.7 Å². The zero-order chi connectivity index (χ0) is 25.2. The van der Waals surface area contributed by atoms with Gasteiger partial charge in [0.25, 0.3) is 11.5 Å². The minimum Gasteiger partial charge on any atom is -0.349 e. The van der Waals surface area contributed by atoms with Gasteiger partial charge < -0.3 is 5.32 Å². The van der Waals surface area contributed by atoms with Gasteiger partial charge in [0.1, 0.15) is 5.82 Å². The molecular weight excluding hydrogens is 479 g/mol. The van der Waals surface area contributed by atoms with E-state index in [4.69, 9.17) is 0 Å². The van der Waals surface area contributed by atoms with Crippen molar-refractivity contribution in [3.63, 3.8) is 0 Å². The van der Waals surface area contributed by atoms with Crippen LogP contribution >= 0.6 is 11.8 Å². The highest BCUT2D eigenvalue weighted by molar-refractivity contribution is 7.98. The van der Waals surface area contributed by atoms with Crippen LogP contribution in [0.3, 0.4) is 0 Å². The first-order valence-electron chi connectivity index (χ1n) is 11.8. The number of benzene rings is 2. The van der Waals surface area contributed by atoms with Crippen molar-refractivity contribution in [3.8, 4) is 5.69 Å². The molecule has 1 fully saturated rings. The molecule has 0 spiro atoms. The second-order valence-corrected chi connectivity index (χ2v) is 9.74. The molecule has 2 aromatic heterocycles. The smallest absolute Gasteiger partial charge is 0.337 e. The van der Waals surface area contributed by atoms with Crippen LogP contribution in [0, 0.1) is 5.82 Å². The molecule has 1 amide bonds. The minimum absolute atomic E-state index is 0.0512. The quantitative estimate of drug-likeness (QED) is 0.409. The highest BCUT2D eigenvalue weighted by Crippen LogP contribution is 2.28. The van der Waals surface area contributed by atoms with E-state index in [2.05, 4.69) is 10.3 Å². The van der Waals surface area contributed by atoms with Crippen LogP contribution in [0.25, 0.3) is 16.7 Å². The van der Waals surface area contributed by atoms with Crippen molar-refractivity contribution in [3.05, 3.63) is 99.1 Å². The van der Waals surface area contributed by atoms with Gasteiger partial charge >= 0.3 is 5.69 Å². The Morgan fingerprint density at radius 3 is 2.50 bits per heavy atom. The van der Waals surface area contributed by atoms with E-state index in [0.717, 1.165) is 17.2 Å². The Morgan fingerprint density at radius 2 is 1.78 bits per heavy atom. The largest absolute Gasteiger partial charge is 0.349 e. The summed E-state index contributed by atoms with van der Waals surface area (Å²) in [6.07, 6.45) is 5.26.